The molecule has 2 heterocycles. The zero-order chi connectivity index (χ0) is 13.5. The van der Waals surface area contributed by atoms with Crippen molar-refractivity contribution in [1.82, 2.24) is 10.6 Å². The molecule has 2 fully saturated rings. The lowest BCUT2D eigenvalue weighted by molar-refractivity contribution is -0.125. The monoisotopic (exact) mass is 270 g/mol. The number of piperidine rings is 1. The molecule has 1 aromatic carbocycles. The van der Waals surface area contributed by atoms with Crippen LogP contribution in [-0.4, -0.2) is 18.5 Å². The number of furan rings is 1. The van der Waals surface area contributed by atoms with Gasteiger partial charge in [0.2, 0.25) is 5.91 Å². The van der Waals surface area contributed by atoms with E-state index in [-0.39, 0.29) is 11.8 Å². The fourth-order valence-electron chi connectivity index (χ4n) is 3.65. The Morgan fingerprint density at radius 1 is 1.35 bits per heavy atom. The summed E-state index contributed by atoms with van der Waals surface area (Å²) in [7, 11) is 0. The van der Waals surface area contributed by atoms with Crippen LogP contribution in [0.5, 0.6) is 0 Å². The Labute approximate surface area is 117 Å². The molecule has 1 saturated carbocycles. The number of rotatable bonds is 3. The quantitative estimate of drug-likeness (QED) is 0.897. The van der Waals surface area contributed by atoms with Crippen LogP contribution in [0, 0.1) is 11.8 Å². The van der Waals surface area contributed by atoms with Gasteiger partial charge in [-0.1, -0.05) is 18.2 Å². The predicted octanol–water partition coefficient (Wildman–Crippen LogP) is 2.05. The van der Waals surface area contributed by atoms with Gasteiger partial charge in [0.05, 0.1) is 12.5 Å². The van der Waals surface area contributed by atoms with Crippen LogP contribution >= 0.6 is 0 Å². The molecule has 104 valence electrons. The molecule has 2 aliphatic rings. The molecule has 4 heteroatoms. The first-order valence-corrected chi connectivity index (χ1v) is 7.30. The topological polar surface area (TPSA) is 54.3 Å². The number of carbonyl (C=O) groups excluding carboxylic acids is 1. The molecular weight excluding hydrogens is 252 g/mol. The van der Waals surface area contributed by atoms with Gasteiger partial charge >= 0.3 is 0 Å². The zero-order valence-electron chi connectivity index (χ0n) is 11.3. The van der Waals surface area contributed by atoms with Crippen LogP contribution in [0.25, 0.3) is 11.0 Å². The Kier molecular flexibility index (Phi) is 2.77. The molecule has 4 nitrogen and oxygen atoms in total. The highest BCUT2D eigenvalue weighted by molar-refractivity contribution is 5.81. The minimum absolute atomic E-state index is 0.152. The van der Waals surface area contributed by atoms with Crippen molar-refractivity contribution in [3.8, 4) is 0 Å². The number of carbonyl (C=O) groups is 1. The predicted molar refractivity (Wildman–Crippen MR) is 76.1 cm³/mol. The van der Waals surface area contributed by atoms with Crippen molar-refractivity contribution >= 4 is 16.9 Å². The maximum atomic E-state index is 12.3. The molecule has 1 aliphatic carbocycles. The van der Waals surface area contributed by atoms with Crippen molar-refractivity contribution in [2.24, 2.45) is 11.8 Å². The van der Waals surface area contributed by atoms with Crippen LogP contribution in [0.3, 0.4) is 0 Å². The third-order valence-corrected chi connectivity index (χ3v) is 4.65. The molecule has 2 N–H and O–H groups in total. The van der Waals surface area contributed by atoms with Gasteiger partial charge < -0.3 is 15.1 Å². The van der Waals surface area contributed by atoms with Crippen LogP contribution in [0.2, 0.25) is 0 Å². The first-order valence-electron chi connectivity index (χ1n) is 7.30. The van der Waals surface area contributed by atoms with Crippen LogP contribution in [0.1, 0.15) is 18.6 Å². The fourth-order valence-corrected chi connectivity index (χ4v) is 3.65. The standard InChI is InChI=1S/C16H18N2O2/c19-16(15-11-5-6-13(15)17-8-11)18-9-12-7-10-3-1-2-4-14(10)20-12/h1-4,7,11,13,15,17H,5-6,8-9H2,(H,18,19)/t11-,13-,15+/m0/s1. The van der Waals surface area contributed by atoms with Crippen LogP contribution < -0.4 is 10.6 Å². The van der Waals surface area contributed by atoms with Gasteiger partial charge in [-0.25, -0.2) is 0 Å². The van der Waals surface area contributed by atoms with E-state index in [1.54, 1.807) is 0 Å². The summed E-state index contributed by atoms with van der Waals surface area (Å²) in [4.78, 5) is 12.3. The van der Waals surface area contributed by atoms with E-state index < -0.39 is 0 Å². The third kappa shape index (κ3) is 1.91. The highest BCUT2D eigenvalue weighted by Crippen LogP contribution is 2.37. The van der Waals surface area contributed by atoms with Gasteiger partial charge in [0.1, 0.15) is 11.3 Å². The summed E-state index contributed by atoms with van der Waals surface area (Å²) >= 11 is 0. The van der Waals surface area contributed by atoms with Gasteiger partial charge in [-0.3, -0.25) is 4.79 Å². The Balaban J connectivity index is 1.43. The second-order valence-electron chi connectivity index (χ2n) is 5.85. The van der Waals surface area contributed by atoms with E-state index in [1.807, 2.05) is 30.3 Å². The maximum absolute atomic E-state index is 12.3. The Hall–Kier alpha value is -1.81. The van der Waals surface area contributed by atoms with Gasteiger partial charge in [-0.05, 0) is 37.4 Å². The summed E-state index contributed by atoms with van der Waals surface area (Å²) < 4.78 is 5.72. The molecule has 2 aromatic rings. The van der Waals surface area contributed by atoms with Gasteiger partial charge in [-0.2, -0.15) is 0 Å². The number of hydrogen-bond acceptors (Lipinski definition) is 3. The molecule has 1 aromatic heterocycles. The second-order valence-corrected chi connectivity index (χ2v) is 5.85. The molecule has 1 saturated heterocycles. The minimum Gasteiger partial charge on any atom is -0.459 e. The van der Waals surface area contributed by atoms with Crippen LogP contribution in [0.15, 0.2) is 34.7 Å². The van der Waals surface area contributed by atoms with Crippen molar-refractivity contribution < 1.29 is 9.21 Å². The summed E-state index contributed by atoms with van der Waals surface area (Å²) in [6, 6.07) is 10.3. The van der Waals surface area contributed by atoms with Gasteiger partial charge in [0, 0.05) is 11.4 Å². The Morgan fingerprint density at radius 2 is 2.25 bits per heavy atom. The van der Waals surface area contributed by atoms with Gasteiger partial charge in [-0.15, -0.1) is 0 Å². The van der Waals surface area contributed by atoms with E-state index in [1.165, 1.54) is 6.42 Å². The highest BCUT2D eigenvalue weighted by atomic mass is 16.3. The van der Waals surface area contributed by atoms with E-state index in [9.17, 15) is 4.79 Å². The number of amides is 1. The molecular formula is C16H18N2O2. The summed E-state index contributed by atoms with van der Waals surface area (Å²) in [5, 5.41) is 7.54. The number of fused-ring (bicyclic) bond motifs is 3. The molecule has 20 heavy (non-hydrogen) atoms. The smallest absolute Gasteiger partial charge is 0.225 e. The van der Waals surface area contributed by atoms with E-state index in [0.29, 0.717) is 18.5 Å². The number of benzene rings is 1. The molecule has 0 spiro atoms. The molecule has 2 bridgehead atoms. The molecule has 0 unspecified atom stereocenters. The minimum atomic E-state index is 0.152. The lowest BCUT2D eigenvalue weighted by atomic mass is 9.97. The molecule has 3 atom stereocenters. The number of para-hydroxylation sites is 1. The van der Waals surface area contributed by atoms with Crippen molar-refractivity contribution in [3.63, 3.8) is 0 Å². The van der Waals surface area contributed by atoms with E-state index >= 15 is 0 Å². The SMILES string of the molecule is O=C(NCc1cc2ccccc2o1)[C@@H]1[C@H]2CC[C@@H]1NC2. The third-order valence-electron chi connectivity index (χ3n) is 4.65. The largest absolute Gasteiger partial charge is 0.459 e. The average Bonchev–Trinajstić information content (AvgIpc) is 3.17. The lowest BCUT2D eigenvalue weighted by Crippen LogP contribution is -2.36. The van der Waals surface area contributed by atoms with Crippen molar-refractivity contribution in [2.75, 3.05) is 6.54 Å². The summed E-state index contributed by atoms with van der Waals surface area (Å²) in [5.41, 5.74) is 0.874. The molecule has 1 amide bonds. The lowest BCUT2D eigenvalue weighted by Gasteiger charge is -2.13. The number of hydrogen-bond donors (Lipinski definition) is 2. The Morgan fingerprint density at radius 3 is 2.95 bits per heavy atom. The first kappa shape index (κ1) is 12.0. The highest BCUT2D eigenvalue weighted by Gasteiger charge is 2.45. The summed E-state index contributed by atoms with van der Waals surface area (Å²) in [6.07, 6.45) is 2.31. The van der Waals surface area contributed by atoms with E-state index in [2.05, 4.69) is 10.6 Å². The van der Waals surface area contributed by atoms with E-state index in [0.717, 1.165) is 29.7 Å². The Bertz CT molecular complexity index is 596. The second kappa shape index (κ2) is 4.63. The van der Waals surface area contributed by atoms with E-state index in [4.69, 9.17) is 4.42 Å². The van der Waals surface area contributed by atoms with Gasteiger partial charge in [0.25, 0.3) is 0 Å². The van der Waals surface area contributed by atoms with Crippen LogP contribution in [0.4, 0.5) is 0 Å². The average molecular weight is 270 g/mol. The molecule has 1 aliphatic heterocycles. The van der Waals surface area contributed by atoms with Gasteiger partial charge in [0.15, 0.2) is 0 Å². The van der Waals surface area contributed by atoms with Crippen molar-refractivity contribution in [2.45, 2.75) is 25.4 Å². The normalized spacial score (nSPS) is 28.1. The molecule has 0 radical (unpaired) electrons. The number of nitrogens with one attached hydrogen (secondary N) is 2. The van der Waals surface area contributed by atoms with Crippen LogP contribution in [-0.2, 0) is 11.3 Å². The fraction of sp³-hybridized carbons (Fsp3) is 0.438. The zero-order valence-corrected chi connectivity index (χ0v) is 11.3. The molecule has 4 rings (SSSR count). The first-order chi connectivity index (χ1) is 9.81. The summed E-state index contributed by atoms with van der Waals surface area (Å²) in [5.74, 6) is 1.66. The van der Waals surface area contributed by atoms with Crippen molar-refractivity contribution in [1.29, 1.82) is 0 Å². The maximum Gasteiger partial charge on any atom is 0.225 e. The summed E-state index contributed by atoms with van der Waals surface area (Å²) in [6.45, 7) is 1.47. The van der Waals surface area contributed by atoms with Crippen molar-refractivity contribution in [3.05, 3.63) is 36.1 Å².